The fraction of sp³-hybridized carbons (Fsp3) is 1.00. The Morgan fingerprint density at radius 1 is 0.767 bits per heavy atom. The largest absolute Gasteiger partial charge is 0.466 e. The Kier molecular flexibility index (Phi) is 23.0. The topological polar surface area (TPSA) is 132 Å². The fourth-order valence-corrected chi connectivity index (χ4v) is 5.42. The van der Waals surface area contributed by atoms with Gasteiger partial charge in [0.2, 0.25) is 0 Å². The average Bonchev–Trinajstić information content (AvgIpc) is 2.62. The lowest BCUT2D eigenvalue weighted by Crippen LogP contribution is -2.26. The number of aliphatic hydroxyl groups is 1. The van der Waals surface area contributed by atoms with Gasteiger partial charge in [-0.25, -0.2) is 13.0 Å². The van der Waals surface area contributed by atoms with Gasteiger partial charge in [0.05, 0.1) is 11.9 Å². The molecule has 0 bridgehead atoms. The van der Waals surface area contributed by atoms with Crippen LogP contribution in [0.3, 0.4) is 0 Å². The van der Waals surface area contributed by atoms with E-state index >= 15 is 0 Å². The molecule has 0 aliphatic carbocycles. The highest BCUT2D eigenvalue weighted by Gasteiger charge is 2.19. The lowest BCUT2D eigenvalue weighted by atomic mass is 10.0. The van der Waals surface area contributed by atoms with Gasteiger partial charge in [-0.2, -0.15) is 11.8 Å². The van der Waals surface area contributed by atoms with Gasteiger partial charge in [0.15, 0.2) is 9.84 Å². The van der Waals surface area contributed by atoms with Crippen LogP contribution in [0.25, 0.3) is 0 Å². The normalized spacial score (nSPS) is 13.0. The zero-order valence-electron chi connectivity index (χ0n) is 18.9. The van der Waals surface area contributed by atoms with Crippen molar-refractivity contribution in [1.82, 2.24) is 0 Å². The molecule has 0 radical (unpaired) electrons. The van der Waals surface area contributed by atoms with Crippen molar-refractivity contribution in [3.63, 3.8) is 0 Å². The second kappa shape index (κ2) is 21.2. The Balaban J connectivity index is 0. The number of hydrogen-bond donors (Lipinski definition) is 4. The van der Waals surface area contributed by atoms with Gasteiger partial charge in [-0.3, -0.25) is 0 Å². The van der Waals surface area contributed by atoms with Gasteiger partial charge in [-0.1, -0.05) is 90.4 Å². The van der Waals surface area contributed by atoms with Crippen LogP contribution in [-0.4, -0.2) is 57.8 Å². The summed E-state index contributed by atoms with van der Waals surface area (Å²) < 4.78 is 31.6. The second-order valence-electron chi connectivity index (χ2n) is 7.82. The second-order valence-corrected chi connectivity index (χ2v) is 12.3. The minimum absolute atomic E-state index is 0.259. The van der Waals surface area contributed by atoms with Gasteiger partial charge in [0.1, 0.15) is 0 Å². The van der Waals surface area contributed by atoms with Crippen molar-refractivity contribution < 1.29 is 32.8 Å². The molecule has 0 aliphatic rings. The molecule has 4 N–H and O–H groups in total. The first-order valence-electron chi connectivity index (χ1n) is 11.2. The number of unbranched alkanes of at least 4 members (excludes halogenated alkanes) is 13. The molecule has 0 aromatic heterocycles. The number of hydrogen-bond acceptors (Lipinski definition) is 5. The molecule has 0 aliphatic heterocycles. The van der Waals surface area contributed by atoms with E-state index in [1.165, 1.54) is 89.7 Å². The number of rotatable bonds is 19. The van der Waals surface area contributed by atoms with E-state index in [1.54, 1.807) is 11.8 Å². The zero-order chi connectivity index (χ0) is 23.3. The molecule has 0 heterocycles. The summed E-state index contributed by atoms with van der Waals surface area (Å²) >= 11 is 1.66. The van der Waals surface area contributed by atoms with E-state index in [2.05, 4.69) is 6.92 Å². The maximum Gasteiger partial charge on any atom is 0.466 e. The first kappa shape index (κ1) is 32.5. The molecule has 30 heavy (non-hydrogen) atoms. The number of phosphoric acid groups is 1. The van der Waals surface area contributed by atoms with Gasteiger partial charge in [0.25, 0.3) is 0 Å². The molecule has 0 saturated carbocycles. The van der Waals surface area contributed by atoms with Gasteiger partial charge in [-0.15, -0.1) is 0 Å². The standard InChI is InChI=1S/C20H42O3S2.H3O4P/c1-3-4-5-6-7-8-9-10-11-12-13-14-15-16-17-24-19-20(18-21)25(2,22)23;1-5(2,3)4/h20-21H,3-19H2,1-2H3;(H3,1,2,3,4). The van der Waals surface area contributed by atoms with Crippen LogP contribution in [0, 0.1) is 0 Å². The summed E-state index contributed by atoms with van der Waals surface area (Å²) in [6.07, 6.45) is 20.2. The molecule has 0 rings (SSSR count). The molecule has 10 heteroatoms. The van der Waals surface area contributed by atoms with Crippen molar-refractivity contribution in [2.45, 2.75) is 102 Å². The third kappa shape index (κ3) is 30.6. The Labute approximate surface area is 188 Å². The Morgan fingerprint density at radius 2 is 1.10 bits per heavy atom. The monoisotopic (exact) mass is 492 g/mol. The smallest absolute Gasteiger partial charge is 0.395 e. The number of sulfone groups is 1. The van der Waals surface area contributed by atoms with Gasteiger partial charge < -0.3 is 19.8 Å². The van der Waals surface area contributed by atoms with Crippen molar-refractivity contribution in [1.29, 1.82) is 0 Å². The van der Waals surface area contributed by atoms with Crippen molar-refractivity contribution in [3.05, 3.63) is 0 Å². The van der Waals surface area contributed by atoms with Crippen molar-refractivity contribution in [2.24, 2.45) is 0 Å². The summed E-state index contributed by atoms with van der Waals surface area (Å²) in [6.45, 7) is 2.01. The van der Waals surface area contributed by atoms with E-state index < -0.39 is 22.9 Å². The molecule has 0 aromatic carbocycles. The minimum Gasteiger partial charge on any atom is -0.395 e. The molecular weight excluding hydrogens is 447 g/mol. The molecule has 0 aromatic rings. The van der Waals surface area contributed by atoms with Gasteiger partial charge in [0, 0.05) is 12.0 Å². The lowest BCUT2D eigenvalue weighted by Gasteiger charge is -2.11. The summed E-state index contributed by atoms with van der Waals surface area (Å²) in [5.41, 5.74) is 0. The maximum absolute atomic E-state index is 11.4. The summed E-state index contributed by atoms with van der Waals surface area (Å²) in [5, 5.41) is 8.50. The van der Waals surface area contributed by atoms with Gasteiger partial charge in [-0.05, 0) is 12.2 Å². The van der Waals surface area contributed by atoms with Crippen LogP contribution in [0.2, 0.25) is 0 Å². The molecule has 1 unspecified atom stereocenters. The highest BCUT2D eigenvalue weighted by atomic mass is 32.2. The zero-order valence-corrected chi connectivity index (χ0v) is 21.4. The Bertz CT molecular complexity index is 501. The summed E-state index contributed by atoms with van der Waals surface area (Å²) in [7, 11) is -7.75. The first-order chi connectivity index (χ1) is 14.0. The van der Waals surface area contributed by atoms with E-state index in [9.17, 15) is 8.42 Å². The third-order valence-electron chi connectivity index (χ3n) is 4.76. The molecule has 0 amide bonds. The van der Waals surface area contributed by atoms with Crippen molar-refractivity contribution in [3.8, 4) is 0 Å². The van der Waals surface area contributed by atoms with Crippen LogP contribution >= 0.6 is 19.6 Å². The van der Waals surface area contributed by atoms with Crippen LogP contribution in [-0.2, 0) is 14.4 Å². The Morgan fingerprint density at radius 3 is 1.40 bits per heavy atom. The molecule has 7 nitrogen and oxygen atoms in total. The summed E-state index contributed by atoms with van der Waals surface area (Å²) in [5.74, 6) is 1.53. The van der Waals surface area contributed by atoms with E-state index in [1.807, 2.05) is 0 Å². The molecule has 184 valence electrons. The number of thioether (sulfide) groups is 1. The fourth-order valence-electron chi connectivity index (χ4n) is 2.93. The van der Waals surface area contributed by atoms with Crippen LogP contribution in [0.1, 0.15) is 96.8 Å². The molecule has 0 fully saturated rings. The van der Waals surface area contributed by atoms with Crippen molar-refractivity contribution in [2.75, 3.05) is 24.4 Å². The first-order valence-corrected chi connectivity index (χ1v) is 15.9. The van der Waals surface area contributed by atoms with Crippen LogP contribution in [0.5, 0.6) is 0 Å². The minimum atomic E-state index is -4.64. The van der Waals surface area contributed by atoms with Crippen molar-refractivity contribution >= 4 is 29.4 Å². The predicted molar refractivity (Wildman–Crippen MR) is 128 cm³/mol. The Hall–Kier alpha value is 0.370. The lowest BCUT2D eigenvalue weighted by molar-refractivity contribution is 0.275. The quantitative estimate of drug-likeness (QED) is 0.151. The van der Waals surface area contributed by atoms with E-state index in [0.29, 0.717) is 5.75 Å². The predicted octanol–water partition coefficient (Wildman–Crippen LogP) is 4.68. The van der Waals surface area contributed by atoms with E-state index in [0.717, 1.165) is 12.2 Å². The molecular formula is C20H45O7PS2. The SMILES string of the molecule is CCCCCCCCCCCCCCCCSCC(CO)S(C)(=O)=O.O=P(O)(O)O. The highest BCUT2D eigenvalue weighted by molar-refractivity contribution is 8.00. The highest BCUT2D eigenvalue weighted by Crippen LogP contribution is 2.25. The van der Waals surface area contributed by atoms with E-state index in [4.69, 9.17) is 24.4 Å². The average molecular weight is 493 g/mol. The molecule has 0 saturated heterocycles. The maximum atomic E-state index is 11.4. The summed E-state index contributed by atoms with van der Waals surface area (Å²) in [6, 6.07) is 0. The van der Waals surface area contributed by atoms with Crippen LogP contribution < -0.4 is 0 Å². The third-order valence-corrected chi connectivity index (χ3v) is 7.71. The van der Waals surface area contributed by atoms with E-state index in [-0.39, 0.29) is 6.61 Å². The molecule has 0 spiro atoms. The summed E-state index contributed by atoms with van der Waals surface area (Å²) in [4.78, 5) is 21.6. The number of aliphatic hydroxyl groups excluding tert-OH is 1. The van der Waals surface area contributed by atoms with Gasteiger partial charge >= 0.3 is 7.82 Å². The molecule has 1 atom stereocenters. The van der Waals surface area contributed by atoms with Crippen LogP contribution in [0.15, 0.2) is 0 Å². The van der Waals surface area contributed by atoms with Crippen LogP contribution in [0.4, 0.5) is 0 Å².